The van der Waals surface area contributed by atoms with Gasteiger partial charge in [-0.15, -0.1) is 0 Å². The van der Waals surface area contributed by atoms with Crippen LogP contribution in [0.2, 0.25) is 0 Å². The van der Waals surface area contributed by atoms with E-state index in [-0.39, 0.29) is 0 Å². The zero-order valence-electron chi connectivity index (χ0n) is 21.2. The van der Waals surface area contributed by atoms with Crippen LogP contribution in [-0.4, -0.2) is 17.0 Å². The average Bonchev–Trinajstić information content (AvgIpc) is 3.56. The van der Waals surface area contributed by atoms with Crippen LogP contribution >= 0.6 is 0 Å². The van der Waals surface area contributed by atoms with Crippen LogP contribution in [0.15, 0.2) is 84.9 Å². The molecule has 2 aromatic heterocycles. The first-order valence-corrected chi connectivity index (χ1v) is 12.5. The van der Waals surface area contributed by atoms with Gasteiger partial charge in [0.25, 0.3) is 0 Å². The van der Waals surface area contributed by atoms with E-state index in [9.17, 15) is 26.3 Å². The Morgan fingerprint density at radius 1 is 0.537 bits per heavy atom. The number of nitrogens with zero attached hydrogens (tertiary/aromatic N) is 1. The van der Waals surface area contributed by atoms with E-state index in [0.29, 0.717) is 33.3 Å². The molecule has 41 heavy (non-hydrogen) atoms. The van der Waals surface area contributed by atoms with Crippen molar-refractivity contribution in [3.63, 3.8) is 0 Å². The fraction of sp³-hybridized carbons (Fsp3) is 0.0968. The Morgan fingerprint density at radius 3 is 1.34 bits per heavy atom. The zero-order chi connectivity index (χ0) is 28.7. The molecule has 4 aromatic carbocycles. The van der Waals surface area contributed by atoms with Gasteiger partial charge in [-0.25, -0.2) is 0 Å². The lowest BCUT2D eigenvalue weighted by molar-refractivity contribution is -0.141. The summed E-state index contributed by atoms with van der Waals surface area (Å²) in [6.45, 7) is 0. The monoisotopic (exact) mass is 563 g/mol. The molecule has 0 amide bonds. The lowest BCUT2D eigenvalue weighted by atomic mass is 10.0. The number of anilines is 2. The molecule has 0 bridgehead atoms. The lowest BCUT2D eigenvalue weighted by Crippen LogP contribution is -2.15. The molecule has 0 aliphatic carbocycles. The third kappa shape index (κ3) is 4.26. The SMILES string of the molecule is CN1c2ccc(-c3ccc4[nH]c(C(F)(F)F)cc4c3)cc2Oc2cc(-c3ccc4[nH]c(C(F)(F)F)cc4c3)ccc21. The molecule has 0 saturated carbocycles. The molecule has 0 saturated heterocycles. The fourth-order valence-electron chi connectivity index (χ4n) is 5.28. The van der Waals surface area contributed by atoms with Crippen LogP contribution in [0.25, 0.3) is 44.1 Å². The van der Waals surface area contributed by atoms with Crippen molar-refractivity contribution in [3.05, 3.63) is 96.3 Å². The van der Waals surface area contributed by atoms with Crippen molar-refractivity contribution in [1.29, 1.82) is 0 Å². The Balaban J connectivity index is 1.22. The van der Waals surface area contributed by atoms with Gasteiger partial charge in [0.1, 0.15) is 11.4 Å². The molecule has 1 aliphatic heterocycles. The Hall–Kier alpha value is -4.86. The maximum Gasteiger partial charge on any atom is 0.431 e. The van der Waals surface area contributed by atoms with Crippen molar-refractivity contribution >= 4 is 33.2 Å². The number of H-pyrrole nitrogens is 2. The highest BCUT2D eigenvalue weighted by Gasteiger charge is 2.33. The molecule has 1 aliphatic rings. The molecule has 6 aromatic rings. The molecular formula is C31H19F6N3O. The summed E-state index contributed by atoms with van der Waals surface area (Å²) in [5.74, 6) is 1.13. The highest BCUT2D eigenvalue weighted by Crippen LogP contribution is 2.48. The van der Waals surface area contributed by atoms with Crippen LogP contribution in [0.5, 0.6) is 11.5 Å². The van der Waals surface area contributed by atoms with Crippen molar-refractivity contribution in [1.82, 2.24) is 9.97 Å². The average molecular weight is 564 g/mol. The Bertz CT molecular complexity index is 1840. The van der Waals surface area contributed by atoms with Crippen molar-refractivity contribution in [2.24, 2.45) is 0 Å². The summed E-state index contributed by atoms with van der Waals surface area (Å²) >= 11 is 0. The van der Waals surface area contributed by atoms with Crippen molar-refractivity contribution in [2.45, 2.75) is 12.4 Å². The van der Waals surface area contributed by atoms with Gasteiger partial charge in [0.2, 0.25) is 0 Å². The first kappa shape index (κ1) is 25.1. The van der Waals surface area contributed by atoms with Gasteiger partial charge in [0.15, 0.2) is 11.5 Å². The van der Waals surface area contributed by atoms with Crippen LogP contribution < -0.4 is 9.64 Å². The summed E-state index contributed by atoms with van der Waals surface area (Å²) in [5, 5.41) is 0.893. The number of benzene rings is 4. The molecule has 0 radical (unpaired) electrons. The first-order chi connectivity index (χ1) is 19.4. The Kier molecular flexibility index (Phi) is 5.25. The predicted octanol–water partition coefficient (Wildman–Crippen LogP) is 9.89. The summed E-state index contributed by atoms with van der Waals surface area (Å²) in [6, 6.07) is 23.5. The second-order valence-electron chi connectivity index (χ2n) is 9.99. The minimum absolute atomic E-state index is 0.393. The van der Waals surface area contributed by atoms with E-state index < -0.39 is 23.7 Å². The fourth-order valence-corrected chi connectivity index (χ4v) is 5.28. The summed E-state index contributed by atoms with van der Waals surface area (Å²) in [4.78, 5) is 6.79. The van der Waals surface area contributed by atoms with Gasteiger partial charge in [0.05, 0.1) is 11.4 Å². The topological polar surface area (TPSA) is 44.0 Å². The maximum absolute atomic E-state index is 13.2. The van der Waals surface area contributed by atoms with Gasteiger partial charge in [-0.2, -0.15) is 26.3 Å². The minimum atomic E-state index is -4.46. The zero-order valence-corrected chi connectivity index (χ0v) is 21.2. The lowest BCUT2D eigenvalue weighted by Gasteiger charge is -2.30. The van der Waals surface area contributed by atoms with Crippen LogP contribution in [0, 0.1) is 0 Å². The van der Waals surface area contributed by atoms with Gasteiger partial charge in [-0.1, -0.05) is 24.3 Å². The number of fused-ring (bicyclic) bond motifs is 4. The summed E-state index contributed by atoms with van der Waals surface area (Å²) in [7, 11) is 1.90. The van der Waals surface area contributed by atoms with E-state index in [0.717, 1.165) is 45.8 Å². The molecule has 0 fully saturated rings. The highest BCUT2D eigenvalue weighted by atomic mass is 19.4. The van der Waals surface area contributed by atoms with E-state index in [2.05, 4.69) is 9.97 Å². The summed E-state index contributed by atoms with van der Waals surface area (Å²) in [5.41, 5.74) is 3.81. The quantitative estimate of drug-likeness (QED) is 0.206. The number of rotatable bonds is 2. The molecule has 10 heteroatoms. The predicted molar refractivity (Wildman–Crippen MR) is 146 cm³/mol. The number of halogens is 6. The standard InChI is InChI=1S/C31H19F6N3O/c1-40-24-8-4-18(16-2-6-22-20(10-16)14-28(38-22)30(32,33)34)12-26(24)41-27-13-19(5-9-25(27)40)17-3-7-23-21(11-17)15-29(39-23)31(35,36)37/h2-15,38-39H,1H3. The molecule has 0 unspecified atom stereocenters. The second kappa shape index (κ2) is 8.57. The third-order valence-electron chi connectivity index (χ3n) is 7.38. The summed E-state index contributed by atoms with van der Waals surface area (Å²) < 4.78 is 85.2. The first-order valence-electron chi connectivity index (χ1n) is 12.5. The smallest absolute Gasteiger partial charge is 0.431 e. The highest BCUT2D eigenvalue weighted by molar-refractivity contribution is 5.89. The molecule has 206 valence electrons. The van der Waals surface area contributed by atoms with Gasteiger partial charge in [0, 0.05) is 28.9 Å². The number of ether oxygens (including phenoxy) is 1. The van der Waals surface area contributed by atoms with Crippen molar-refractivity contribution < 1.29 is 31.1 Å². The van der Waals surface area contributed by atoms with Crippen LogP contribution in [0.1, 0.15) is 11.4 Å². The third-order valence-corrected chi connectivity index (χ3v) is 7.38. The van der Waals surface area contributed by atoms with Crippen LogP contribution in [-0.2, 0) is 12.4 Å². The van der Waals surface area contributed by atoms with E-state index >= 15 is 0 Å². The van der Waals surface area contributed by atoms with Gasteiger partial charge in [-0.3, -0.25) is 0 Å². The molecule has 7 rings (SSSR count). The molecule has 3 heterocycles. The van der Waals surface area contributed by atoms with Gasteiger partial charge >= 0.3 is 12.4 Å². The number of hydrogen-bond acceptors (Lipinski definition) is 2. The van der Waals surface area contributed by atoms with Crippen molar-refractivity contribution in [3.8, 4) is 33.8 Å². The number of aromatic amines is 2. The van der Waals surface area contributed by atoms with Crippen molar-refractivity contribution in [2.75, 3.05) is 11.9 Å². The van der Waals surface area contributed by atoms with Gasteiger partial charge < -0.3 is 19.6 Å². The molecule has 0 spiro atoms. The van der Waals surface area contributed by atoms with Crippen LogP contribution in [0.4, 0.5) is 37.7 Å². The van der Waals surface area contributed by atoms with Gasteiger partial charge in [-0.05, 0) is 82.9 Å². The Labute approximate surface area is 228 Å². The Morgan fingerprint density at radius 2 is 0.927 bits per heavy atom. The van der Waals surface area contributed by atoms with E-state index in [1.165, 1.54) is 0 Å². The van der Waals surface area contributed by atoms with Crippen LogP contribution in [0.3, 0.4) is 0 Å². The van der Waals surface area contributed by atoms with E-state index in [1.807, 2.05) is 48.3 Å². The molecule has 4 nitrogen and oxygen atoms in total. The van der Waals surface area contributed by atoms with E-state index in [4.69, 9.17) is 4.74 Å². The number of nitrogens with one attached hydrogen (secondary N) is 2. The largest absolute Gasteiger partial charge is 0.453 e. The molecule has 0 atom stereocenters. The molecule has 2 N–H and O–H groups in total. The number of hydrogen-bond donors (Lipinski definition) is 2. The van der Waals surface area contributed by atoms with E-state index in [1.54, 1.807) is 36.4 Å². The molecular weight excluding hydrogens is 544 g/mol. The number of aromatic nitrogens is 2. The maximum atomic E-state index is 13.2. The minimum Gasteiger partial charge on any atom is -0.453 e. The second-order valence-corrected chi connectivity index (χ2v) is 9.99. The summed E-state index contributed by atoms with van der Waals surface area (Å²) in [6.07, 6.45) is -8.93. The number of alkyl halides is 6. The normalized spacial score (nSPS) is 13.4.